The molecular weight excluding hydrogens is 386 g/mol. The van der Waals surface area contributed by atoms with E-state index in [0.717, 1.165) is 49.3 Å². The van der Waals surface area contributed by atoms with Gasteiger partial charge < -0.3 is 5.32 Å². The first-order valence-corrected chi connectivity index (χ1v) is 10.8. The molecule has 0 unspecified atom stereocenters. The zero-order valence-corrected chi connectivity index (χ0v) is 17.4. The molecule has 3 heterocycles. The second-order valence-corrected chi connectivity index (χ2v) is 8.71. The van der Waals surface area contributed by atoms with Crippen LogP contribution in [-0.4, -0.2) is 35.6 Å². The molecule has 0 radical (unpaired) electrons. The van der Waals surface area contributed by atoms with Crippen LogP contribution in [-0.2, 0) is 13.5 Å². The number of aryl methyl sites for hydroxylation is 1. The van der Waals surface area contributed by atoms with Crippen LogP contribution < -0.4 is 5.32 Å². The first-order valence-electron chi connectivity index (χ1n) is 10.5. The smallest absolute Gasteiger partial charge is 0.223 e. The van der Waals surface area contributed by atoms with Gasteiger partial charge in [-0.15, -0.1) is 0 Å². The predicted octanol–water partition coefficient (Wildman–Crippen LogP) is 4.28. The molecule has 2 aliphatic rings. The quantitative estimate of drug-likeness (QED) is 0.655. The molecule has 29 heavy (non-hydrogen) atoms. The maximum Gasteiger partial charge on any atom is 0.223 e. The lowest BCUT2D eigenvalue weighted by molar-refractivity contribution is 0.313. The third-order valence-corrected chi connectivity index (χ3v) is 6.45. The molecule has 0 aromatic carbocycles. The monoisotopic (exact) mass is 411 g/mol. The normalized spacial score (nSPS) is 22.0. The third-order valence-electron chi connectivity index (χ3n) is 6.17. The van der Waals surface area contributed by atoms with Crippen LogP contribution >= 0.6 is 11.6 Å². The lowest BCUT2D eigenvalue weighted by atomic mass is 9.91. The molecule has 2 fully saturated rings. The van der Waals surface area contributed by atoms with Gasteiger partial charge in [-0.05, 0) is 56.9 Å². The molecule has 0 bridgehead atoms. The molecule has 1 N–H and O–H groups in total. The van der Waals surface area contributed by atoms with Gasteiger partial charge in [0.25, 0.3) is 0 Å². The van der Waals surface area contributed by atoms with Gasteiger partial charge in [-0.2, -0.15) is 10.2 Å². The summed E-state index contributed by atoms with van der Waals surface area (Å²) in [6.45, 7) is 0. The maximum absolute atomic E-state index is 6.48. The fourth-order valence-electron chi connectivity index (χ4n) is 4.29. The second kappa shape index (κ2) is 7.78. The first kappa shape index (κ1) is 18.6. The lowest BCUT2D eigenvalue weighted by Gasteiger charge is -2.29. The van der Waals surface area contributed by atoms with Crippen molar-refractivity contribution in [3.8, 4) is 11.3 Å². The van der Waals surface area contributed by atoms with E-state index in [2.05, 4.69) is 31.4 Å². The van der Waals surface area contributed by atoms with Gasteiger partial charge >= 0.3 is 0 Å². The van der Waals surface area contributed by atoms with Gasteiger partial charge in [0.15, 0.2) is 0 Å². The second-order valence-electron chi connectivity index (χ2n) is 8.30. The van der Waals surface area contributed by atoms with Crippen LogP contribution in [0, 0.1) is 5.92 Å². The summed E-state index contributed by atoms with van der Waals surface area (Å²) in [6.07, 6.45) is 15.5. The van der Waals surface area contributed by atoms with E-state index >= 15 is 0 Å². The van der Waals surface area contributed by atoms with Crippen molar-refractivity contribution in [2.45, 2.75) is 57.0 Å². The molecule has 2 saturated carbocycles. The highest BCUT2D eigenvalue weighted by Crippen LogP contribution is 2.37. The van der Waals surface area contributed by atoms with Crippen LogP contribution in [0.1, 0.15) is 50.3 Å². The van der Waals surface area contributed by atoms with Gasteiger partial charge in [0.1, 0.15) is 0 Å². The van der Waals surface area contributed by atoms with E-state index in [1.165, 1.54) is 18.5 Å². The minimum Gasteiger partial charge on any atom is -0.351 e. The Morgan fingerprint density at radius 3 is 2.66 bits per heavy atom. The number of anilines is 1. The summed E-state index contributed by atoms with van der Waals surface area (Å²) in [5.74, 6) is 1.42. The van der Waals surface area contributed by atoms with Crippen molar-refractivity contribution >= 4 is 17.5 Å². The van der Waals surface area contributed by atoms with Crippen LogP contribution in [0.4, 0.5) is 5.95 Å². The van der Waals surface area contributed by atoms with Gasteiger partial charge in [-0.1, -0.05) is 11.6 Å². The Morgan fingerprint density at radius 2 is 1.93 bits per heavy atom. The van der Waals surface area contributed by atoms with E-state index in [1.807, 2.05) is 30.2 Å². The predicted molar refractivity (Wildman–Crippen MR) is 113 cm³/mol. The van der Waals surface area contributed by atoms with E-state index in [9.17, 15) is 0 Å². The molecule has 2 aliphatic carbocycles. The van der Waals surface area contributed by atoms with Gasteiger partial charge in [-0.3, -0.25) is 9.36 Å². The Bertz CT molecular complexity index is 969. The fourth-order valence-corrected chi connectivity index (χ4v) is 4.48. The summed E-state index contributed by atoms with van der Waals surface area (Å²) < 4.78 is 4.03. The zero-order chi connectivity index (χ0) is 19.8. The molecular formula is C21H26ClN7. The van der Waals surface area contributed by atoms with Crippen LogP contribution in [0.5, 0.6) is 0 Å². The third kappa shape index (κ3) is 4.01. The molecule has 0 atom stereocenters. The fraction of sp³-hybridized carbons (Fsp3) is 0.524. The van der Waals surface area contributed by atoms with Crippen molar-refractivity contribution in [2.75, 3.05) is 5.32 Å². The number of hydrogen-bond acceptors (Lipinski definition) is 5. The molecule has 0 saturated heterocycles. The summed E-state index contributed by atoms with van der Waals surface area (Å²) in [5, 5.41) is 12.9. The minimum absolute atomic E-state index is 0.371. The molecule has 8 heteroatoms. The van der Waals surface area contributed by atoms with Crippen LogP contribution in [0.15, 0.2) is 30.9 Å². The molecule has 3 aromatic heterocycles. The molecule has 0 amide bonds. The molecule has 7 nitrogen and oxygen atoms in total. The Morgan fingerprint density at radius 1 is 1.10 bits per heavy atom. The first-order chi connectivity index (χ1) is 14.2. The number of nitrogens with one attached hydrogen (secondary N) is 1. The largest absolute Gasteiger partial charge is 0.351 e. The Labute approximate surface area is 175 Å². The van der Waals surface area contributed by atoms with Crippen molar-refractivity contribution in [1.29, 1.82) is 0 Å². The van der Waals surface area contributed by atoms with E-state index in [0.29, 0.717) is 23.1 Å². The topological polar surface area (TPSA) is 73.5 Å². The summed E-state index contributed by atoms with van der Waals surface area (Å²) >= 11 is 6.48. The molecule has 152 valence electrons. The molecule has 0 aliphatic heterocycles. The number of hydrogen-bond donors (Lipinski definition) is 1. The van der Waals surface area contributed by atoms with Crippen LogP contribution in [0.25, 0.3) is 11.3 Å². The van der Waals surface area contributed by atoms with Gasteiger partial charge in [0.2, 0.25) is 5.95 Å². The highest BCUT2D eigenvalue weighted by atomic mass is 35.5. The number of rotatable bonds is 6. The van der Waals surface area contributed by atoms with Crippen LogP contribution in [0.2, 0.25) is 5.02 Å². The van der Waals surface area contributed by atoms with Crippen molar-refractivity contribution < 1.29 is 0 Å². The van der Waals surface area contributed by atoms with E-state index in [-0.39, 0.29) is 0 Å². The van der Waals surface area contributed by atoms with Crippen molar-refractivity contribution in [3.63, 3.8) is 0 Å². The zero-order valence-electron chi connectivity index (χ0n) is 16.6. The van der Waals surface area contributed by atoms with Crippen molar-refractivity contribution in [2.24, 2.45) is 13.0 Å². The standard InChI is InChI=1S/C21H26ClN7/c1-28-19(11-14-3-4-14)17(12-25-28)20-18(22)13-23-21(27-20)26-15-5-7-16(8-6-15)29-10-2-9-24-29/h2,9-10,12-16H,3-8,11H2,1H3,(H,23,26,27)/t15-,16+. The molecule has 3 aromatic rings. The van der Waals surface area contributed by atoms with Crippen molar-refractivity contribution in [3.05, 3.63) is 41.6 Å². The summed E-state index contributed by atoms with van der Waals surface area (Å²) in [7, 11) is 1.99. The Kier molecular flexibility index (Phi) is 4.99. The average Bonchev–Trinajstić information content (AvgIpc) is 3.24. The van der Waals surface area contributed by atoms with E-state index in [4.69, 9.17) is 16.6 Å². The average molecular weight is 412 g/mol. The number of halogens is 1. The van der Waals surface area contributed by atoms with E-state index in [1.54, 1.807) is 6.20 Å². The molecule has 5 rings (SSSR count). The number of nitrogens with zero attached hydrogens (tertiary/aromatic N) is 6. The van der Waals surface area contributed by atoms with Gasteiger partial charge in [0, 0.05) is 36.7 Å². The van der Waals surface area contributed by atoms with Crippen LogP contribution in [0.3, 0.4) is 0 Å². The molecule has 0 spiro atoms. The van der Waals surface area contributed by atoms with Crippen molar-refractivity contribution in [1.82, 2.24) is 29.5 Å². The van der Waals surface area contributed by atoms with E-state index < -0.39 is 0 Å². The SMILES string of the molecule is Cn1ncc(-c2nc(N[C@H]3CC[C@@H](n4cccn4)CC3)ncc2Cl)c1CC1CC1. The highest BCUT2D eigenvalue weighted by Gasteiger charge is 2.27. The summed E-state index contributed by atoms with van der Waals surface area (Å²) in [5.41, 5.74) is 3.01. The highest BCUT2D eigenvalue weighted by molar-refractivity contribution is 6.32. The minimum atomic E-state index is 0.371. The summed E-state index contributed by atoms with van der Waals surface area (Å²) in [6, 6.07) is 2.85. The summed E-state index contributed by atoms with van der Waals surface area (Å²) in [4.78, 5) is 9.22. The maximum atomic E-state index is 6.48. The Hall–Kier alpha value is -2.41. The van der Waals surface area contributed by atoms with Gasteiger partial charge in [-0.25, -0.2) is 9.97 Å². The lowest BCUT2D eigenvalue weighted by Crippen LogP contribution is -2.28. The number of aromatic nitrogens is 6. The Balaban J connectivity index is 1.30. The van der Waals surface area contributed by atoms with Gasteiger partial charge in [0.05, 0.1) is 29.2 Å².